The molecule has 0 bridgehead atoms. The number of hydrogen-bond acceptors (Lipinski definition) is 0. The minimum Gasteiger partial charge on any atom is -0.0976 e. The lowest BCUT2D eigenvalue weighted by Crippen LogP contribution is -1.85. The molecule has 0 amide bonds. The topological polar surface area (TPSA) is 0 Å². The predicted molar refractivity (Wildman–Crippen MR) is 52.8 cm³/mol. The van der Waals surface area contributed by atoms with E-state index >= 15 is 0 Å². The lowest BCUT2D eigenvalue weighted by Gasteiger charge is -2.05. The molecule has 11 heavy (non-hydrogen) atoms. The quantitative estimate of drug-likeness (QED) is 0.561. The first-order chi connectivity index (χ1) is 5.17. The van der Waals surface area contributed by atoms with Gasteiger partial charge in [-0.1, -0.05) is 42.8 Å². The number of rotatable bonds is 3. The Morgan fingerprint density at radius 1 is 1.55 bits per heavy atom. The number of allylic oxidation sites excluding steroid dienone is 5. The third-order valence-corrected chi connectivity index (χ3v) is 2.11. The van der Waals surface area contributed by atoms with Crippen LogP contribution in [0.2, 0.25) is 0 Å². The molecule has 0 atom stereocenters. The lowest BCUT2D eigenvalue weighted by molar-refractivity contribution is 1.09. The van der Waals surface area contributed by atoms with Gasteiger partial charge in [-0.2, -0.15) is 0 Å². The van der Waals surface area contributed by atoms with E-state index in [1.165, 1.54) is 11.1 Å². The third kappa shape index (κ3) is 2.94. The van der Waals surface area contributed by atoms with Gasteiger partial charge in [0.2, 0.25) is 0 Å². The zero-order chi connectivity index (χ0) is 8.85. The van der Waals surface area contributed by atoms with E-state index in [9.17, 15) is 0 Å². The SMILES string of the molecule is C=C/C(Cl)=C(CC)\C(C)=C/C. The average Bonchev–Trinajstić information content (AvgIpc) is 2.05. The molecule has 0 aliphatic rings. The van der Waals surface area contributed by atoms with Crippen molar-refractivity contribution in [2.75, 3.05) is 0 Å². The van der Waals surface area contributed by atoms with Gasteiger partial charge in [-0.15, -0.1) is 0 Å². The highest BCUT2D eigenvalue weighted by molar-refractivity contribution is 6.31. The van der Waals surface area contributed by atoms with E-state index in [0.29, 0.717) is 0 Å². The maximum absolute atomic E-state index is 5.93. The summed E-state index contributed by atoms with van der Waals surface area (Å²) in [6, 6.07) is 0. The maximum Gasteiger partial charge on any atom is 0.0434 e. The molecule has 0 nitrogen and oxygen atoms in total. The van der Waals surface area contributed by atoms with Crippen molar-refractivity contribution in [2.45, 2.75) is 27.2 Å². The van der Waals surface area contributed by atoms with E-state index in [-0.39, 0.29) is 0 Å². The summed E-state index contributed by atoms with van der Waals surface area (Å²) < 4.78 is 0. The van der Waals surface area contributed by atoms with Crippen molar-refractivity contribution in [3.05, 3.63) is 34.9 Å². The van der Waals surface area contributed by atoms with Gasteiger partial charge in [-0.25, -0.2) is 0 Å². The molecule has 0 spiro atoms. The summed E-state index contributed by atoms with van der Waals surface area (Å²) in [5, 5.41) is 0.767. The summed E-state index contributed by atoms with van der Waals surface area (Å²) in [7, 11) is 0. The van der Waals surface area contributed by atoms with Crippen molar-refractivity contribution in [1.29, 1.82) is 0 Å². The highest BCUT2D eigenvalue weighted by Crippen LogP contribution is 2.21. The first-order valence-electron chi connectivity index (χ1n) is 3.81. The van der Waals surface area contributed by atoms with E-state index in [4.69, 9.17) is 11.6 Å². The molecule has 0 N–H and O–H groups in total. The van der Waals surface area contributed by atoms with Gasteiger partial charge in [0.15, 0.2) is 0 Å². The molecule has 0 rings (SSSR count). The average molecular weight is 171 g/mol. The third-order valence-electron chi connectivity index (χ3n) is 1.73. The van der Waals surface area contributed by atoms with Crippen molar-refractivity contribution >= 4 is 11.6 Å². The highest BCUT2D eigenvalue weighted by atomic mass is 35.5. The van der Waals surface area contributed by atoms with Crippen molar-refractivity contribution in [2.24, 2.45) is 0 Å². The minimum absolute atomic E-state index is 0.767. The van der Waals surface area contributed by atoms with Crippen molar-refractivity contribution in [3.8, 4) is 0 Å². The molecule has 0 aromatic heterocycles. The maximum atomic E-state index is 5.93. The summed E-state index contributed by atoms with van der Waals surface area (Å²) in [5.74, 6) is 0. The Morgan fingerprint density at radius 2 is 2.09 bits per heavy atom. The Kier molecular flexibility index (Phi) is 4.97. The number of hydrogen-bond donors (Lipinski definition) is 0. The first kappa shape index (κ1) is 10.5. The Bertz CT molecular complexity index is 197. The minimum atomic E-state index is 0.767. The molecular formula is C10H15Cl. The Morgan fingerprint density at radius 3 is 2.36 bits per heavy atom. The molecular weight excluding hydrogens is 156 g/mol. The molecule has 0 fully saturated rings. The van der Waals surface area contributed by atoms with Crippen LogP contribution in [-0.4, -0.2) is 0 Å². The second-order valence-electron chi connectivity index (χ2n) is 2.36. The zero-order valence-corrected chi connectivity index (χ0v) is 8.20. The van der Waals surface area contributed by atoms with Crippen molar-refractivity contribution in [3.63, 3.8) is 0 Å². The van der Waals surface area contributed by atoms with Crippen LogP contribution in [0.4, 0.5) is 0 Å². The van der Waals surface area contributed by atoms with Gasteiger partial charge >= 0.3 is 0 Å². The van der Waals surface area contributed by atoms with Gasteiger partial charge in [0.1, 0.15) is 0 Å². The van der Waals surface area contributed by atoms with Gasteiger partial charge in [-0.3, -0.25) is 0 Å². The van der Waals surface area contributed by atoms with Crippen LogP contribution in [0.1, 0.15) is 27.2 Å². The molecule has 0 unspecified atom stereocenters. The Balaban J connectivity index is 4.79. The highest BCUT2D eigenvalue weighted by Gasteiger charge is 1.99. The van der Waals surface area contributed by atoms with Gasteiger partial charge in [0, 0.05) is 5.03 Å². The molecule has 0 aromatic carbocycles. The second-order valence-corrected chi connectivity index (χ2v) is 2.76. The zero-order valence-electron chi connectivity index (χ0n) is 7.45. The van der Waals surface area contributed by atoms with Gasteiger partial charge < -0.3 is 0 Å². The molecule has 0 aliphatic carbocycles. The fraction of sp³-hybridized carbons (Fsp3) is 0.400. The van der Waals surface area contributed by atoms with Crippen LogP contribution in [0, 0.1) is 0 Å². The fourth-order valence-electron chi connectivity index (χ4n) is 0.934. The number of halogens is 1. The van der Waals surface area contributed by atoms with Crippen LogP contribution >= 0.6 is 11.6 Å². The summed E-state index contributed by atoms with van der Waals surface area (Å²) in [6.07, 6.45) is 4.71. The second kappa shape index (κ2) is 5.20. The molecule has 0 heterocycles. The monoisotopic (exact) mass is 170 g/mol. The van der Waals surface area contributed by atoms with Crippen molar-refractivity contribution in [1.82, 2.24) is 0 Å². The van der Waals surface area contributed by atoms with Crippen molar-refractivity contribution < 1.29 is 0 Å². The molecule has 1 heteroatoms. The van der Waals surface area contributed by atoms with E-state index in [2.05, 4.69) is 26.5 Å². The van der Waals surface area contributed by atoms with E-state index < -0.39 is 0 Å². The Labute approximate surface area is 74.3 Å². The van der Waals surface area contributed by atoms with Gasteiger partial charge in [0.05, 0.1) is 0 Å². The van der Waals surface area contributed by atoms with Crippen LogP contribution in [0.15, 0.2) is 34.9 Å². The standard InChI is InChI=1S/C10H15Cl/c1-5-8(4)9(6-2)10(11)7-3/h5,7H,3,6H2,1-2,4H3/b8-5-,10-9+. The van der Waals surface area contributed by atoms with E-state index in [0.717, 1.165) is 11.5 Å². The Hall–Kier alpha value is -0.490. The van der Waals surface area contributed by atoms with Crippen LogP contribution in [0.5, 0.6) is 0 Å². The first-order valence-corrected chi connectivity index (χ1v) is 4.19. The fourth-order valence-corrected chi connectivity index (χ4v) is 1.22. The summed E-state index contributed by atoms with van der Waals surface area (Å²) in [6.45, 7) is 9.79. The largest absolute Gasteiger partial charge is 0.0976 e. The molecule has 0 radical (unpaired) electrons. The molecule has 0 saturated heterocycles. The van der Waals surface area contributed by atoms with Gasteiger partial charge in [0.25, 0.3) is 0 Å². The molecule has 0 aromatic rings. The predicted octanol–water partition coefficient (Wildman–Crippen LogP) is 4.04. The smallest absolute Gasteiger partial charge is 0.0434 e. The summed E-state index contributed by atoms with van der Waals surface area (Å²) >= 11 is 5.93. The van der Waals surface area contributed by atoms with Crippen LogP contribution in [0.3, 0.4) is 0 Å². The molecule has 0 saturated carbocycles. The summed E-state index contributed by atoms with van der Waals surface area (Å²) in [5.41, 5.74) is 2.42. The van der Waals surface area contributed by atoms with Crippen LogP contribution in [0.25, 0.3) is 0 Å². The normalized spacial score (nSPS) is 14.4. The molecule has 0 aliphatic heterocycles. The van der Waals surface area contributed by atoms with Crippen LogP contribution in [-0.2, 0) is 0 Å². The summed E-state index contributed by atoms with van der Waals surface area (Å²) in [4.78, 5) is 0. The van der Waals surface area contributed by atoms with E-state index in [1.54, 1.807) is 6.08 Å². The van der Waals surface area contributed by atoms with Crippen LogP contribution < -0.4 is 0 Å². The van der Waals surface area contributed by atoms with Gasteiger partial charge in [-0.05, 0) is 25.8 Å². The lowest BCUT2D eigenvalue weighted by atomic mass is 10.0. The van der Waals surface area contributed by atoms with E-state index in [1.807, 2.05) is 6.92 Å². The molecule has 62 valence electrons.